The molecule has 1 unspecified atom stereocenters. The van der Waals surface area contributed by atoms with Crippen LogP contribution in [0.15, 0.2) is 24.3 Å². The van der Waals surface area contributed by atoms with Crippen LogP contribution in [0.25, 0.3) is 0 Å². The van der Waals surface area contributed by atoms with Gasteiger partial charge in [0, 0.05) is 39.1 Å². The van der Waals surface area contributed by atoms with E-state index in [1.54, 1.807) is 0 Å². The molecule has 38 heavy (non-hydrogen) atoms. The molecular formula is C23H26F5N5O4S. The van der Waals surface area contributed by atoms with Gasteiger partial charge in [-0.25, -0.2) is 8.78 Å². The lowest BCUT2D eigenvalue weighted by Gasteiger charge is -2.42. The van der Waals surface area contributed by atoms with Gasteiger partial charge in [-0.2, -0.15) is 35.5 Å². The summed E-state index contributed by atoms with van der Waals surface area (Å²) in [7, 11) is -4.30. The third-order valence-electron chi connectivity index (χ3n) is 7.00. The summed E-state index contributed by atoms with van der Waals surface area (Å²) in [5, 5.41) is 11.5. The van der Waals surface area contributed by atoms with Gasteiger partial charge in [0.2, 0.25) is 11.8 Å². The molecule has 3 aliphatic heterocycles. The molecule has 3 fully saturated rings. The zero-order chi connectivity index (χ0) is 27.9. The molecule has 2 atom stereocenters. The lowest BCUT2D eigenvalue weighted by atomic mass is 9.95. The van der Waals surface area contributed by atoms with E-state index in [4.69, 9.17) is 5.26 Å². The summed E-state index contributed by atoms with van der Waals surface area (Å²) < 4.78 is 94.5. The Bertz CT molecular complexity index is 1210. The van der Waals surface area contributed by atoms with Crippen LogP contribution in [-0.4, -0.2) is 78.4 Å². The number of hydrogen-bond donors (Lipinski definition) is 1. The van der Waals surface area contributed by atoms with Crippen LogP contribution in [0.2, 0.25) is 0 Å². The van der Waals surface area contributed by atoms with Gasteiger partial charge in [0.25, 0.3) is 16.1 Å². The molecule has 1 aromatic rings. The summed E-state index contributed by atoms with van der Waals surface area (Å²) in [6.07, 6.45) is -4.67. The van der Waals surface area contributed by atoms with Crippen molar-refractivity contribution in [3.63, 3.8) is 0 Å². The number of rotatable bonds is 6. The molecule has 4 rings (SSSR count). The summed E-state index contributed by atoms with van der Waals surface area (Å²) in [5.74, 6) is -6.68. The molecular weight excluding hydrogens is 537 g/mol. The molecule has 3 aliphatic rings. The first-order valence-electron chi connectivity index (χ1n) is 12.0. The second-order valence-corrected chi connectivity index (χ2v) is 11.7. The Balaban J connectivity index is 1.40. The summed E-state index contributed by atoms with van der Waals surface area (Å²) in [5.41, 5.74) is -0.431. The maximum absolute atomic E-state index is 14.6. The van der Waals surface area contributed by atoms with Crippen LogP contribution in [0.3, 0.4) is 0 Å². The number of hydrogen-bond acceptors (Lipinski definition) is 5. The maximum Gasteiger partial charge on any atom is 0.416 e. The van der Waals surface area contributed by atoms with Crippen LogP contribution < -0.4 is 5.32 Å². The Morgan fingerprint density at radius 2 is 1.76 bits per heavy atom. The highest BCUT2D eigenvalue weighted by atomic mass is 32.2. The highest BCUT2D eigenvalue weighted by molar-refractivity contribution is 7.86. The molecule has 1 aromatic carbocycles. The number of benzene rings is 1. The number of carbonyl (C=O) groups is 2. The van der Waals surface area contributed by atoms with E-state index in [-0.39, 0.29) is 32.6 Å². The van der Waals surface area contributed by atoms with Gasteiger partial charge in [-0.05, 0) is 30.5 Å². The summed E-state index contributed by atoms with van der Waals surface area (Å²) in [4.78, 5) is 27.3. The third kappa shape index (κ3) is 5.92. The van der Waals surface area contributed by atoms with E-state index in [0.717, 1.165) is 16.4 Å². The van der Waals surface area contributed by atoms with E-state index >= 15 is 0 Å². The molecule has 0 radical (unpaired) electrons. The normalized spacial score (nSPS) is 25.0. The second kappa shape index (κ2) is 10.4. The van der Waals surface area contributed by atoms with Gasteiger partial charge in [-0.1, -0.05) is 12.1 Å². The smallest absolute Gasteiger partial charge is 0.350 e. The molecule has 1 N–H and O–H groups in total. The fourth-order valence-corrected chi connectivity index (χ4v) is 6.71. The average molecular weight is 564 g/mol. The first-order chi connectivity index (χ1) is 17.7. The van der Waals surface area contributed by atoms with E-state index < -0.39 is 77.1 Å². The molecule has 3 heterocycles. The van der Waals surface area contributed by atoms with E-state index in [2.05, 4.69) is 5.32 Å². The van der Waals surface area contributed by atoms with Crippen molar-refractivity contribution in [2.75, 3.05) is 32.7 Å². The quantitative estimate of drug-likeness (QED) is 0.532. The zero-order valence-electron chi connectivity index (χ0n) is 20.1. The Labute approximate surface area is 216 Å². The maximum atomic E-state index is 14.6. The van der Waals surface area contributed by atoms with Gasteiger partial charge in [-0.15, -0.1) is 0 Å². The largest absolute Gasteiger partial charge is 0.416 e. The number of halogens is 5. The highest BCUT2D eigenvalue weighted by Crippen LogP contribution is 2.36. The van der Waals surface area contributed by atoms with Crippen molar-refractivity contribution >= 4 is 22.0 Å². The molecule has 0 saturated carbocycles. The number of alkyl halides is 5. The molecule has 15 heteroatoms. The number of piperidine rings is 1. The van der Waals surface area contributed by atoms with Crippen molar-refractivity contribution < 1.29 is 40.0 Å². The lowest BCUT2D eigenvalue weighted by Crippen LogP contribution is -2.61. The van der Waals surface area contributed by atoms with Crippen LogP contribution in [0.4, 0.5) is 22.0 Å². The van der Waals surface area contributed by atoms with Crippen LogP contribution in [0.5, 0.6) is 0 Å². The summed E-state index contributed by atoms with van der Waals surface area (Å²) >= 11 is 0. The Kier molecular flexibility index (Phi) is 7.70. The summed E-state index contributed by atoms with van der Waals surface area (Å²) in [6, 6.07) is 5.16. The van der Waals surface area contributed by atoms with Gasteiger partial charge in [-0.3, -0.25) is 9.59 Å². The predicted molar refractivity (Wildman–Crippen MR) is 122 cm³/mol. The fourth-order valence-electron chi connectivity index (χ4n) is 4.93. The molecule has 0 bridgehead atoms. The second-order valence-electron chi connectivity index (χ2n) is 9.80. The molecule has 0 spiro atoms. The molecule has 0 aliphatic carbocycles. The topological polar surface area (TPSA) is 114 Å². The molecule has 0 aromatic heterocycles. The number of nitriles is 1. The van der Waals surface area contributed by atoms with Gasteiger partial charge >= 0.3 is 6.18 Å². The molecule has 208 valence electrons. The number of likely N-dealkylation sites (tertiary alicyclic amines) is 1. The molecule has 3 saturated heterocycles. The molecule has 9 nitrogen and oxygen atoms in total. The van der Waals surface area contributed by atoms with Crippen molar-refractivity contribution in [2.24, 2.45) is 11.8 Å². The fraction of sp³-hybridized carbons (Fsp3) is 0.609. The van der Waals surface area contributed by atoms with E-state index in [1.807, 2.05) is 6.07 Å². The third-order valence-corrected chi connectivity index (χ3v) is 8.88. The zero-order valence-corrected chi connectivity index (χ0v) is 20.9. The van der Waals surface area contributed by atoms with E-state index in [9.17, 15) is 40.0 Å². The van der Waals surface area contributed by atoms with Gasteiger partial charge in [0.15, 0.2) is 0 Å². The summed E-state index contributed by atoms with van der Waals surface area (Å²) in [6.45, 7) is -1.73. The van der Waals surface area contributed by atoms with Crippen molar-refractivity contribution in [1.82, 2.24) is 18.8 Å². The first-order valence-corrected chi connectivity index (χ1v) is 13.4. The van der Waals surface area contributed by atoms with E-state index in [1.165, 1.54) is 17.0 Å². The highest BCUT2D eigenvalue weighted by Gasteiger charge is 2.51. The number of amides is 2. The van der Waals surface area contributed by atoms with Gasteiger partial charge in [0.1, 0.15) is 6.04 Å². The standard InChI is InChI=1S/C23H26F5N5O4S/c24-22(25)8-17(13-32(14-22)38(36,37)31-11-16(9-29)12-31)21(35)33-7-1-2-19(33)20(34)30-10-15-3-5-18(6-4-15)23(26,27)28/h3-6,16-17,19H,1-2,7-8,10-14H2,(H,30,34)/t17?,19-/m1/s1. The average Bonchev–Trinajstić information content (AvgIpc) is 3.30. The number of nitrogens with zero attached hydrogens (tertiary/aromatic N) is 4. The van der Waals surface area contributed by atoms with Gasteiger partial charge in [0.05, 0.1) is 30.0 Å². The van der Waals surface area contributed by atoms with Gasteiger partial charge < -0.3 is 10.2 Å². The first kappa shape index (κ1) is 28.2. The number of nitrogens with one attached hydrogen (secondary N) is 1. The van der Waals surface area contributed by atoms with Crippen LogP contribution in [0.1, 0.15) is 30.4 Å². The van der Waals surface area contributed by atoms with Crippen LogP contribution in [-0.2, 0) is 32.5 Å². The Morgan fingerprint density at radius 3 is 2.37 bits per heavy atom. The SMILES string of the molecule is N#CC1CN(S(=O)(=O)N2CC(C(=O)N3CCC[C@@H]3C(=O)NCc3ccc(C(F)(F)F)cc3)CC(F)(F)C2)C1. The van der Waals surface area contributed by atoms with Crippen molar-refractivity contribution in [1.29, 1.82) is 5.26 Å². The van der Waals surface area contributed by atoms with Crippen molar-refractivity contribution in [3.8, 4) is 6.07 Å². The minimum atomic E-state index is -4.49. The predicted octanol–water partition coefficient (Wildman–Crippen LogP) is 1.97. The lowest BCUT2D eigenvalue weighted by molar-refractivity contribution is -0.148. The Morgan fingerprint density at radius 1 is 1.11 bits per heavy atom. The minimum Gasteiger partial charge on any atom is -0.350 e. The van der Waals surface area contributed by atoms with Crippen molar-refractivity contribution in [3.05, 3.63) is 35.4 Å². The van der Waals surface area contributed by atoms with Crippen LogP contribution >= 0.6 is 0 Å². The van der Waals surface area contributed by atoms with E-state index in [0.29, 0.717) is 16.3 Å². The minimum absolute atomic E-state index is 0.0947. The Hall–Kier alpha value is -2.83. The van der Waals surface area contributed by atoms with Crippen LogP contribution in [0, 0.1) is 23.2 Å². The molecule has 2 amide bonds. The number of carbonyl (C=O) groups excluding carboxylic acids is 2. The monoisotopic (exact) mass is 563 g/mol. The van der Waals surface area contributed by atoms with Crippen molar-refractivity contribution in [2.45, 2.75) is 43.9 Å².